The van der Waals surface area contributed by atoms with E-state index in [0.717, 1.165) is 4.68 Å². The minimum absolute atomic E-state index is 0.283. The number of carboxylic acids is 1. The Morgan fingerprint density at radius 2 is 2.27 bits per heavy atom. The first-order chi connectivity index (χ1) is 7.16. The Kier molecular flexibility index (Phi) is 2.12. The van der Waals surface area contributed by atoms with Crippen LogP contribution in [0.15, 0.2) is 6.20 Å². The van der Waals surface area contributed by atoms with Crippen molar-refractivity contribution < 1.29 is 9.90 Å². The zero-order chi connectivity index (χ0) is 10.8. The first-order valence-corrected chi connectivity index (χ1v) is 4.01. The Bertz CT molecular complexity index is 487. The molecule has 0 saturated heterocycles. The van der Waals surface area contributed by atoms with Crippen molar-refractivity contribution in [3.05, 3.63) is 6.20 Å². The Hall–Kier alpha value is -2.32. The number of aryl methyl sites for hydroxylation is 1. The Morgan fingerprint density at radius 3 is 2.87 bits per heavy atom. The molecule has 2 rings (SSSR count). The van der Waals surface area contributed by atoms with Crippen molar-refractivity contribution in [3.8, 4) is 11.5 Å². The summed E-state index contributed by atoms with van der Waals surface area (Å²) in [5.41, 5.74) is 0.434. The van der Waals surface area contributed by atoms with Crippen LogP contribution in [0.5, 0.6) is 0 Å². The molecule has 78 valence electrons. The number of hydrogen-bond acceptors (Lipinski definition) is 6. The number of tetrazole rings is 1. The summed E-state index contributed by atoms with van der Waals surface area (Å²) in [5, 5.41) is 26.7. The van der Waals surface area contributed by atoms with Gasteiger partial charge in [0.25, 0.3) is 0 Å². The summed E-state index contributed by atoms with van der Waals surface area (Å²) in [6.45, 7) is -0.307. The van der Waals surface area contributed by atoms with E-state index in [4.69, 9.17) is 5.11 Å². The molecule has 0 aliphatic carbocycles. The second-order valence-corrected chi connectivity index (χ2v) is 2.83. The van der Waals surface area contributed by atoms with Crippen molar-refractivity contribution in [1.29, 1.82) is 0 Å². The molecule has 1 N–H and O–H groups in total. The molecule has 0 fully saturated rings. The van der Waals surface area contributed by atoms with E-state index >= 15 is 0 Å². The highest BCUT2D eigenvalue weighted by Crippen LogP contribution is 2.10. The minimum Gasteiger partial charge on any atom is -0.480 e. The van der Waals surface area contributed by atoms with E-state index in [1.54, 1.807) is 13.2 Å². The van der Waals surface area contributed by atoms with Gasteiger partial charge in [-0.1, -0.05) is 5.21 Å². The molecule has 9 heteroatoms. The van der Waals surface area contributed by atoms with Crippen LogP contribution in [0, 0.1) is 0 Å². The molecule has 0 unspecified atom stereocenters. The lowest BCUT2D eigenvalue weighted by atomic mass is 10.4. The molecule has 0 aliphatic heterocycles. The van der Waals surface area contributed by atoms with Crippen molar-refractivity contribution in [2.75, 3.05) is 0 Å². The number of rotatable bonds is 3. The van der Waals surface area contributed by atoms with Gasteiger partial charge >= 0.3 is 5.97 Å². The van der Waals surface area contributed by atoms with Crippen LogP contribution in [0.25, 0.3) is 11.5 Å². The molecule has 2 heterocycles. The molecule has 0 radical (unpaired) electrons. The van der Waals surface area contributed by atoms with Crippen LogP contribution in [0.2, 0.25) is 0 Å². The van der Waals surface area contributed by atoms with Gasteiger partial charge in [0, 0.05) is 7.05 Å². The van der Waals surface area contributed by atoms with E-state index in [1.807, 2.05) is 0 Å². The zero-order valence-electron chi connectivity index (χ0n) is 7.77. The summed E-state index contributed by atoms with van der Waals surface area (Å²) in [7, 11) is 1.70. The smallest absolute Gasteiger partial charge is 0.325 e. The largest absolute Gasteiger partial charge is 0.480 e. The lowest BCUT2D eigenvalue weighted by Gasteiger charge is -1.96. The maximum absolute atomic E-state index is 10.5. The summed E-state index contributed by atoms with van der Waals surface area (Å²) in [5.74, 6) is -0.738. The highest BCUT2D eigenvalue weighted by molar-refractivity contribution is 5.67. The maximum Gasteiger partial charge on any atom is 0.325 e. The van der Waals surface area contributed by atoms with Crippen molar-refractivity contribution in [1.82, 2.24) is 35.2 Å². The topological polar surface area (TPSA) is 112 Å². The van der Waals surface area contributed by atoms with E-state index in [9.17, 15) is 4.79 Å². The molecule has 15 heavy (non-hydrogen) atoms. The van der Waals surface area contributed by atoms with Gasteiger partial charge in [-0.25, -0.2) is 4.68 Å². The third-order valence-corrected chi connectivity index (χ3v) is 1.65. The Balaban J connectivity index is 2.36. The quantitative estimate of drug-likeness (QED) is 0.658. The second-order valence-electron chi connectivity index (χ2n) is 2.83. The second kappa shape index (κ2) is 3.44. The summed E-state index contributed by atoms with van der Waals surface area (Å²) in [4.78, 5) is 10.5. The molecule has 0 aromatic carbocycles. The molecule has 0 bridgehead atoms. The normalized spacial score (nSPS) is 10.5. The molecule has 2 aromatic rings. The summed E-state index contributed by atoms with van der Waals surface area (Å²) in [6.07, 6.45) is 1.60. The number of aliphatic carboxylic acids is 1. The van der Waals surface area contributed by atoms with Gasteiger partial charge in [-0.3, -0.25) is 9.48 Å². The van der Waals surface area contributed by atoms with Crippen molar-refractivity contribution >= 4 is 5.97 Å². The van der Waals surface area contributed by atoms with Crippen LogP contribution in [-0.2, 0) is 18.4 Å². The van der Waals surface area contributed by atoms with Crippen LogP contribution in [-0.4, -0.2) is 46.3 Å². The van der Waals surface area contributed by atoms with Gasteiger partial charge in [-0.05, 0) is 10.4 Å². The van der Waals surface area contributed by atoms with Crippen LogP contribution in [0.1, 0.15) is 0 Å². The number of carboxylic acid groups (broad SMARTS) is 1. The van der Waals surface area contributed by atoms with Gasteiger partial charge in [-0.2, -0.15) is 0 Å². The lowest BCUT2D eigenvalue weighted by Crippen LogP contribution is -2.11. The SMILES string of the molecule is Cn1cc(-c2nnnn2CC(=O)O)nn1. The van der Waals surface area contributed by atoms with E-state index in [0.29, 0.717) is 5.69 Å². The molecular formula is C6H7N7O2. The van der Waals surface area contributed by atoms with E-state index in [-0.39, 0.29) is 12.4 Å². The third-order valence-electron chi connectivity index (χ3n) is 1.65. The average Bonchev–Trinajstić information content (AvgIpc) is 2.72. The minimum atomic E-state index is -1.02. The fourth-order valence-corrected chi connectivity index (χ4v) is 1.07. The van der Waals surface area contributed by atoms with Gasteiger partial charge in [0.15, 0.2) is 5.69 Å². The first-order valence-electron chi connectivity index (χ1n) is 4.01. The van der Waals surface area contributed by atoms with E-state index in [1.165, 1.54) is 4.68 Å². The highest BCUT2D eigenvalue weighted by Gasteiger charge is 2.13. The van der Waals surface area contributed by atoms with Gasteiger partial charge in [0.05, 0.1) is 6.20 Å². The number of aromatic nitrogens is 7. The average molecular weight is 209 g/mol. The van der Waals surface area contributed by atoms with Crippen LogP contribution in [0.4, 0.5) is 0 Å². The van der Waals surface area contributed by atoms with Crippen LogP contribution < -0.4 is 0 Å². The summed E-state index contributed by atoms with van der Waals surface area (Å²) < 4.78 is 2.63. The molecular weight excluding hydrogens is 202 g/mol. The standard InChI is InChI=1S/C6H7N7O2/c1-12-2-4(7-10-12)6-8-9-11-13(6)3-5(14)15/h2H,3H2,1H3,(H,14,15). The summed E-state index contributed by atoms with van der Waals surface area (Å²) in [6, 6.07) is 0. The Labute approximate surface area is 83.3 Å². The molecule has 0 saturated carbocycles. The van der Waals surface area contributed by atoms with Gasteiger partial charge < -0.3 is 5.11 Å². The van der Waals surface area contributed by atoms with Crippen LogP contribution >= 0.6 is 0 Å². The van der Waals surface area contributed by atoms with E-state index < -0.39 is 5.97 Å². The highest BCUT2D eigenvalue weighted by atomic mass is 16.4. The predicted octanol–water partition coefficient (Wildman–Crippen LogP) is -1.45. The van der Waals surface area contributed by atoms with E-state index in [2.05, 4.69) is 25.8 Å². The van der Waals surface area contributed by atoms with Gasteiger partial charge in [0.2, 0.25) is 5.82 Å². The monoisotopic (exact) mass is 209 g/mol. The van der Waals surface area contributed by atoms with Gasteiger partial charge in [0.1, 0.15) is 6.54 Å². The molecule has 9 nitrogen and oxygen atoms in total. The molecule has 0 amide bonds. The molecule has 2 aromatic heterocycles. The third kappa shape index (κ3) is 1.80. The predicted molar refractivity (Wildman–Crippen MR) is 45.4 cm³/mol. The zero-order valence-corrected chi connectivity index (χ0v) is 7.77. The number of carbonyl (C=O) groups is 1. The molecule has 0 spiro atoms. The Morgan fingerprint density at radius 1 is 1.47 bits per heavy atom. The van der Waals surface area contributed by atoms with Crippen molar-refractivity contribution in [3.63, 3.8) is 0 Å². The first kappa shape index (κ1) is 9.24. The fourth-order valence-electron chi connectivity index (χ4n) is 1.07. The van der Waals surface area contributed by atoms with Crippen LogP contribution in [0.3, 0.4) is 0 Å². The fraction of sp³-hybridized carbons (Fsp3) is 0.333. The number of nitrogens with zero attached hydrogens (tertiary/aromatic N) is 7. The van der Waals surface area contributed by atoms with Gasteiger partial charge in [-0.15, -0.1) is 10.2 Å². The number of hydrogen-bond donors (Lipinski definition) is 1. The van der Waals surface area contributed by atoms with Crippen molar-refractivity contribution in [2.45, 2.75) is 6.54 Å². The van der Waals surface area contributed by atoms with Crippen molar-refractivity contribution in [2.24, 2.45) is 7.05 Å². The lowest BCUT2D eigenvalue weighted by molar-refractivity contribution is -0.137. The summed E-state index contributed by atoms with van der Waals surface area (Å²) >= 11 is 0. The molecule has 0 atom stereocenters. The maximum atomic E-state index is 10.5. The molecule has 0 aliphatic rings.